The van der Waals surface area contributed by atoms with E-state index in [0.29, 0.717) is 12.2 Å². The molecule has 3 rings (SSSR count). The van der Waals surface area contributed by atoms with Crippen molar-refractivity contribution in [1.82, 2.24) is 10.2 Å². The molecule has 1 amide bonds. The zero-order chi connectivity index (χ0) is 15.7. The van der Waals surface area contributed by atoms with Gasteiger partial charge >= 0.3 is 0 Å². The van der Waals surface area contributed by atoms with Gasteiger partial charge in [0.05, 0.1) is 18.7 Å². The molecule has 6 heteroatoms. The highest BCUT2D eigenvalue weighted by molar-refractivity contribution is 5.94. The normalized spacial score (nSPS) is 31.8. The summed E-state index contributed by atoms with van der Waals surface area (Å²) < 4.78 is 5.81. The summed E-state index contributed by atoms with van der Waals surface area (Å²) in [4.78, 5) is 25.7. The van der Waals surface area contributed by atoms with Crippen molar-refractivity contribution in [3.05, 3.63) is 30.3 Å². The van der Waals surface area contributed by atoms with Crippen molar-refractivity contribution in [3.8, 4) is 5.75 Å². The molecule has 2 fully saturated rings. The van der Waals surface area contributed by atoms with Crippen LogP contribution in [0.15, 0.2) is 30.3 Å². The Hall–Kier alpha value is -1.92. The number of aliphatic hydroxyl groups is 1. The highest BCUT2D eigenvalue weighted by atomic mass is 16.5. The average molecular weight is 304 g/mol. The number of carbonyl (C=O) groups is 2. The van der Waals surface area contributed by atoms with Crippen LogP contribution in [0.3, 0.4) is 0 Å². The number of Topliss-reactive ketones (excluding diaryl/α,β-unsaturated/α-hetero) is 1. The number of β-lactam (4-membered cyclic amide) rings is 1. The second kappa shape index (κ2) is 6.06. The summed E-state index contributed by atoms with van der Waals surface area (Å²) in [5.41, 5.74) is 0. The van der Waals surface area contributed by atoms with Crippen molar-refractivity contribution in [3.63, 3.8) is 0 Å². The minimum atomic E-state index is -0.680. The van der Waals surface area contributed by atoms with Gasteiger partial charge in [-0.1, -0.05) is 18.2 Å². The van der Waals surface area contributed by atoms with E-state index in [9.17, 15) is 14.7 Å². The fourth-order valence-electron chi connectivity index (χ4n) is 3.24. The number of fused-ring (bicyclic) bond motifs is 1. The maximum Gasteiger partial charge on any atom is 0.266 e. The lowest BCUT2D eigenvalue weighted by atomic mass is 9.84. The van der Waals surface area contributed by atoms with Gasteiger partial charge in [-0.2, -0.15) is 0 Å². The second-order valence-electron chi connectivity index (χ2n) is 5.84. The van der Waals surface area contributed by atoms with Crippen LogP contribution >= 0.6 is 0 Å². The van der Waals surface area contributed by atoms with E-state index in [-0.39, 0.29) is 36.7 Å². The van der Waals surface area contributed by atoms with E-state index in [4.69, 9.17) is 4.74 Å². The first kappa shape index (κ1) is 15.0. The van der Waals surface area contributed by atoms with Gasteiger partial charge in [0.25, 0.3) is 5.91 Å². The minimum absolute atomic E-state index is 0.0490. The Balaban J connectivity index is 1.80. The summed E-state index contributed by atoms with van der Waals surface area (Å²) in [5, 5.41) is 13.1. The van der Waals surface area contributed by atoms with Crippen molar-refractivity contribution < 1.29 is 19.4 Å². The molecule has 1 aromatic rings. The van der Waals surface area contributed by atoms with Gasteiger partial charge in [0, 0.05) is 12.5 Å². The topological polar surface area (TPSA) is 78.9 Å². The molecule has 2 aliphatic heterocycles. The van der Waals surface area contributed by atoms with Gasteiger partial charge in [-0.05, 0) is 25.6 Å². The van der Waals surface area contributed by atoms with Crippen LogP contribution in [0.1, 0.15) is 12.8 Å². The summed E-state index contributed by atoms with van der Waals surface area (Å²) in [6.07, 6.45) is -0.775. The Morgan fingerprint density at radius 3 is 2.68 bits per heavy atom. The molecule has 2 saturated heterocycles. The summed E-state index contributed by atoms with van der Waals surface area (Å²) in [7, 11) is 1.79. The quantitative estimate of drug-likeness (QED) is 0.766. The molecule has 0 bridgehead atoms. The van der Waals surface area contributed by atoms with E-state index in [1.807, 2.05) is 18.2 Å². The number of aliphatic hydroxyl groups excluding tert-OH is 1. The minimum Gasteiger partial charge on any atom is -0.478 e. The first-order valence-electron chi connectivity index (χ1n) is 7.49. The van der Waals surface area contributed by atoms with E-state index in [1.165, 1.54) is 0 Å². The third-order valence-electron chi connectivity index (χ3n) is 4.32. The Morgan fingerprint density at radius 2 is 2.00 bits per heavy atom. The van der Waals surface area contributed by atoms with Gasteiger partial charge in [-0.15, -0.1) is 0 Å². The number of ether oxygens (including phenoxy) is 1. The molecule has 0 unspecified atom stereocenters. The van der Waals surface area contributed by atoms with Gasteiger partial charge < -0.3 is 20.1 Å². The van der Waals surface area contributed by atoms with Crippen molar-refractivity contribution >= 4 is 11.7 Å². The monoisotopic (exact) mass is 304 g/mol. The molecule has 2 aliphatic rings. The standard InChI is InChI=1S/C16H20N2O4/c1-17-13-8-10(19)7-11(20)9-18-14(13)15(16(18)21)22-12-5-3-2-4-6-12/h2-6,10,13-15,17,19H,7-9H2,1H3/t10-,13-,14-,15+/m0/s1. The van der Waals surface area contributed by atoms with Crippen LogP contribution < -0.4 is 10.1 Å². The van der Waals surface area contributed by atoms with Crippen LogP contribution in [-0.4, -0.2) is 59.6 Å². The predicted molar refractivity (Wildman–Crippen MR) is 79.5 cm³/mol. The number of ketones is 1. The number of benzene rings is 1. The fourth-order valence-corrected chi connectivity index (χ4v) is 3.24. The molecule has 2 heterocycles. The van der Waals surface area contributed by atoms with E-state index in [0.717, 1.165) is 0 Å². The number of para-hydroxylation sites is 1. The molecule has 118 valence electrons. The average Bonchev–Trinajstić information content (AvgIpc) is 2.51. The number of nitrogens with zero attached hydrogens (tertiary/aromatic N) is 1. The van der Waals surface area contributed by atoms with E-state index in [2.05, 4.69) is 5.32 Å². The molecule has 4 atom stereocenters. The number of rotatable bonds is 3. The van der Waals surface area contributed by atoms with Crippen LogP contribution in [0, 0.1) is 0 Å². The van der Waals surface area contributed by atoms with Crippen molar-refractivity contribution in [2.45, 2.75) is 37.1 Å². The Labute approximate surface area is 129 Å². The molecule has 22 heavy (non-hydrogen) atoms. The lowest BCUT2D eigenvalue weighted by Crippen LogP contribution is -2.74. The number of nitrogens with one attached hydrogen (secondary N) is 1. The number of likely N-dealkylation sites (N-methyl/N-ethyl adjacent to an activating group) is 1. The van der Waals surface area contributed by atoms with E-state index < -0.39 is 12.2 Å². The lowest BCUT2D eigenvalue weighted by Gasteiger charge is -2.50. The molecule has 2 N–H and O–H groups in total. The van der Waals surface area contributed by atoms with E-state index >= 15 is 0 Å². The number of amides is 1. The van der Waals surface area contributed by atoms with Crippen LogP contribution in [0.5, 0.6) is 5.75 Å². The fraction of sp³-hybridized carbons (Fsp3) is 0.500. The Bertz CT molecular complexity index is 563. The molecule has 0 radical (unpaired) electrons. The highest BCUT2D eigenvalue weighted by Crippen LogP contribution is 2.31. The summed E-state index contributed by atoms with van der Waals surface area (Å²) >= 11 is 0. The second-order valence-corrected chi connectivity index (χ2v) is 5.84. The molecule has 0 aromatic heterocycles. The third kappa shape index (κ3) is 2.71. The van der Waals surface area contributed by atoms with Gasteiger partial charge in [0.1, 0.15) is 5.75 Å². The van der Waals surface area contributed by atoms with Crippen LogP contribution in [-0.2, 0) is 9.59 Å². The maximum absolute atomic E-state index is 12.3. The first-order valence-corrected chi connectivity index (χ1v) is 7.49. The van der Waals surface area contributed by atoms with Crippen LogP contribution in [0.2, 0.25) is 0 Å². The molecule has 0 saturated carbocycles. The zero-order valence-electron chi connectivity index (χ0n) is 12.4. The molecule has 6 nitrogen and oxygen atoms in total. The van der Waals surface area contributed by atoms with E-state index in [1.54, 1.807) is 24.1 Å². The SMILES string of the molecule is CN[C@H]1C[C@@H](O)CC(=O)CN2C(=O)[C@H](Oc3ccccc3)[C@H]12. The van der Waals surface area contributed by atoms with Crippen LogP contribution in [0.4, 0.5) is 0 Å². The van der Waals surface area contributed by atoms with Gasteiger partial charge in [-0.3, -0.25) is 9.59 Å². The largest absolute Gasteiger partial charge is 0.478 e. The maximum atomic E-state index is 12.3. The summed E-state index contributed by atoms with van der Waals surface area (Å²) in [5.74, 6) is 0.349. The van der Waals surface area contributed by atoms with Crippen LogP contribution in [0.25, 0.3) is 0 Å². The highest BCUT2D eigenvalue weighted by Gasteiger charge is 2.54. The Morgan fingerprint density at radius 1 is 1.27 bits per heavy atom. The third-order valence-corrected chi connectivity index (χ3v) is 4.32. The van der Waals surface area contributed by atoms with Crippen molar-refractivity contribution in [2.24, 2.45) is 0 Å². The lowest BCUT2D eigenvalue weighted by molar-refractivity contribution is -0.170. The molecular weight excluding hydrogens is 284 g/mol. The smallest absolute Gasteiger partial charge is 0.266 e. The first-order chi connectivity index (χ1) is 10.6. The number of hydrogen-bond acceptors (Lipinski definition) is 5. The summed E-state index contributed by atoms with van der Waals surface area (Å²) in [6, 6.07) is 8.82. The molecular formula is C16H20N2O4. The predicted octanol–water partition coefficient (Wildman–Crippen LogP) is -0.0434. The van der Waals surface area contributed by atoms with Crippen molar-refractivity contribution in [1.29, 1.82) is 0 Å². The Kier molecular flexibility index (Phi) is 4.13. The summed E-state index contributed by atoms with van der Waals surface area (Å²) in [6.45, 7) is 0.0490. The molecule has 0 spiro atoms. The van der Waals surface area contributed by atoms with Gasteiger partial charge in [-0.25, -0.2) is 0 Å². The van der Waals surface area contributed by atoms with Crippen molar-refractivity contribution in [2.75, 3.05) is 13.6 Å². The number of hydrogen-bond donors (Lipinski definition) is 2. The van der Waals surface area contributed by atoms with Gasteiger partial charge in [0.2, 0.25) is 0 Å². The van der Waals surface area contributed by atoms with Gasteiger partial charge in [0.15, 0.2) is 11.9 Å². The zero-order valence-corrected chi connectivity index (χ0v) is 12.4. The number of carbonyl (C=O) groups excluding carboxylic acids is 2. The molecule has 1 aromatic carbocycles. The molecule has 0 aliphatic carbocycles.